The predicted octanol–water partition coefficient (Wildman–Crippen LogP) is 4.46. The summed E-state index contributed by atoms with van der Waals surface area (Å²) in [5.41, 5.74) is 3.75. The third-order valence-corrected chi connectivity index (χ3v) is 5.33. The molecule has 148 valence electrons. The Morgan fingerprint density at radius 1 is 0.931 bits per heavy atom. The van der Waals surface area contributed by atoms with Crippen LogP contribution in [0, 0.1) is 6.92 Å². The number of hydrogen-bond donors (Lipinski definition) is 1. The van der Waals surface area contributed by atoms with Gasteiger partial charge in [0.15, 0.2) is 5.82 Å². The number of benzene rings is 2. The first kappa shape index (κ1) is 19.2. The molecule has 0 radical (unpaired) electrons. The van der Waals surface area contributed by atoms with Gasteiger partial charge < -0.3 is 15.1 Å². The van der Waals surface area contributed by atoms with Crippen LogP contribution < -0.4 is 10.2 Å². The highest BCUT2D eigenvalue weighted by atomic mass is 35.5. The lowest BCUT2D eigenvalue weighted by molar-refractivity contribution is 0.208. The summed E-state index contributed by atoms with van der Waals surface area (Å²) >= 11 is 6.12. The van der Waals surface area contributed by atoms with E-state index in [9.17, 15) is 4.79 Å². The van der Waals surface area contributed by atoms with E-state index in [-0.39, 0.29) is 6.03 Å². The van der Waals surface area contributed by atoms with Crippen molar-refractivity contribution in [2.24, 2.45) is 0 Å². The Hall–Kier alpha value is -3.12. The average molecular weight is 408 g/mol. The lowest BCUT2D eigenvalue weighted by Gasteiger charge is -2.35. The van der Waals surface area contributed by atoms with Gasteiger partial charge >= 0.3 is 6.03 Å². The summed E-state index contributed by atoms with van der Waals surface area (Å²) in [6.07, 6.45) is 0. The Morgan fingerprint density at radius 2 is 1.66 bits per heavy atom. The lowest BCUT2D eigenvalue weighted by Crippen LogP contribution is -2.50. The fourth-order valence-electron chi connectivity index (χ4n) is 3.27. The van der Waals surface area contributed by atoms with Crippen molar-refractivity contribution < 1.29 is 4.79 Å². The van der Waals surface area contributed by atoms with E-state index in [1.54, 1.807) is 17.0 Å². The number of anilines is 2. The number of piperazine rings is 1. The number of halogens is 1. The molecule has 29 heavy (non-hydrogen) atoms. The molecule has 1 N–H and O–H groups in total. The second-order valence-corrected chi connectivity index (χ2v) is 7.43. The van der Waals surface area contributed by atoms with E-state index in [1.807, 2.05) is 24.3 Å². The largest absolute Gasteiger partial charge is 0.352 e. The Kier molecular flexibility index (Phi) is 5.62. The van der Waals surface area contributed by atoms with Gasteiger partial charge in [-0.05, 0) is 31.2 Å². The monoisotopic (exact) mass is 407 g/mol. The maximum absolute atomic E-state index is 12.5. The van der Waals surface area contributed by atoms with Crippen molar-refractivity contribution in [1.29, 1.82) is 0 Å². The van der Waals surface area contributed by atoms with Gasteiger partial charge in [-0.15, -0.1) is 10.2 Å². The molecule has 4 rings (SSSR count). The Morgan fingerprint density at radius 3 is 2.31 bits per heavy atom. The van der Waals surface area contributed by atoms with Crippen LogP contribution >= 0.6 is 11.6 Å². The Bertz CT molecular complexity index is 983. The minimum atomic E-state index is -0.140. The molecule has 0 aliphatic carbocycles. The standard InChI is InChI=1S/C22H22ClN5O/c1-16-6-8-17(9-7-16)19-10-11-21(26-25-19)27-12-14-28(15-13-27)22(29)24-20-5-3-2-4-18(20)23/h2-11H,12-15H2,1H3,(H,24,29). The third kappa shape index (κ3) is 4.49. The number of carbonyl (C=O) groups excluding carboxylic acids is 1. The molecular formula is C22H22ClN5O. The smallest absolute Gasteiger partial charge is 0.322 e. The van der Waals surface area contributed by atoms with Gasteiger partial charge in [0, 0.05) is 31.7 Å². The van der Waals surface area contributed by atoms with Crippen molar-refractivity contribution in [3.05, 3.63) is 71.2 Å². The van der Waals surface area contributed by atoms with Gasteiger partial charge in [-0.3, -0.25) is 0 Å². The summed E-state index contributed by atoms with van der Waals surface area (Å²) in [6, 6.07) is 19.3. The average Bonchev–Trinajstić information content (AvgIpc) is 2.76. The molecule has 0 spiro atoms. The van der Waals surface area contributed by atoms with Crippen molar-refractivity contribution in [2.45, 2.75) is 6.92 Å². The zero-order valence-electron chi connectivity index (χ0n) is 16.2. The summed E-state index contributed by atoms with van der Waals surface area (Å²) < 4.78 is 0. The fourth-order valence-corrected chi connectivity index (χ4v) is 3.45. The first-order valence-corrected chi connectivity index (χ1v) is 9.94. The number of aryl methyl sites for hydroxylation is 1. The number of aromatic nitrogens is 2. The van der Waals surface area contributed by atoms with Crippen LogP contribution in [0.25, 0.3) is 11.3 Å². The minimum absolute atomic E-state index is 0.140. The third-order valence-electron chi connectivity index (χ3n) is 5.00. The number of hydrogen-bond acceptors (Lipinski definition) is 4. The molecular weight excluding hydrogens is 386 g/mol. The van der Waals surface area contributed by atoms with Crippen LogP contribution in [0.4, 0.5) is 16.3 Å². The molecule has 0 saturated carbocycles. The molecule has 2 aromatic carbocycles. The molecule has 0 unspecified atom stereocenters. The van der Waals surface area contributed by atoms with Crippen molar-refractivity contribution >= 4 is 29.1 Å². The van der Waals surface area contributed by atoms with Crippen LogP contribution in [-0.2, 0) is 0 Å². The van der Waals surface area contributed by atoms with Crippen LogP contribution in [-0.4, -0.2) is 47.3 Å². The molecule has 6 nitrogen and oxygen atoms in total. The zero-order valence-corrected chi connectivity index (χ0v) is 16.9. The normalized spacial score (nSPS) is 14.0. The van der Waals surface area contributed by atoms with Crippen LogP contribution in [0.15, 0.2) is 60.7 Å². The lowest BCUT2D eigenvalue weighted by atomic mass is 10.1. The summed E-state index contributed by atoms with van der Waals surface area (Å²) in [7, 11) is 0. The highest BCUT2D eigenvalue weighted by molar-refractivity contribution is 6.33. The molecule has 1 aromatic heterocycles. The number of urea groups is 1. The quantitative estimate of drug-likeness (QED) is 0.696. The maximum Gasteiger partial charge on any atom is 0.322 e. The molecule has 2 amide bonds. The van der Waals surface area contributed by atoms with Crippen molar-refractivity contribution in [2.75, 3.05) is 36.4 Å². The summed E-state index contributed by atoms with van der Waals surface area (Å²) in [5, 5.41) is 12.2. The molecule has 3 aromatic rings. The van der Waals surface area contributed by atoms with Gasteiger partial charge in [0.25, 0.3) is 0 Å². The highest BCUT2D eigenvalue weighted by Crippen LogP contribution is 2.22. The van der Waals surface area contributed by atoms with Gasteiger partial charge in [-0.25, -0.2) is 4.79 Å². The first-order chi connectivity index (χ1) is 14.1. The molecule has 2 heterocycles. The number of rotatable bonds is 3. The predicted molar refractivity (Wildman–Crippen MR) is 116 cm³/mol. The van der Waals surface area contributed by atoms with E-state index < -0.39 is 0 Å². The summed E-state index contributed by atoms with van der Waals surface area (Å²) in [4.78, 5) is 16.4. The van der Waals surface area contributed by atoms with E-state index in [4.69, 9.17) is 11.6 Å². The molecule has 0 bridgehead atoms. The molecule has 1 aliphatic heterocycles. The second kappa shape index (κ2) is 8.49. The van der Waals surface area contributed by atoms with Gasteiger partial charge in [-0.1, -0.05) is 53.6 Å². The van der Waals surface area contributed by atoms with Gasteiger partial charge in [0.1, 0.15) is 0 Å². The van der Waals surface area contributed by atoms with E-state index >= 15 is 0 Å². The van der Waals surface area contributed by atoms with E-state index in [0.717, 1.165) is 17.1 Å². The van der Waals surface area contributed by atoms with Crippen LogP contribution in [0.2, 0.25) is 5.02 Å². The zero-order chi connectivity index (χ0) is 20.2. The second-order valence-electron chi connectivity index (χ2n) is 7.03. The Labute approximate surface area is 175 Å². The van der Waals surface area contributed by atoms with Gasteiger partial charge in [0.2, 0.25) is 0 Å². The van der Waals surface area contributed by atoms with Crippen LogP contribution in [0.3, 0.4) is 0 Å². The molecule has 1 fully saturated rings. The SMILES string of the molecule is Cc1ccc(-c2ccc(N3CCN(C(=O)Nc4ccccc4Cl)CC3)nn2)cc1. The van der Waals surface area contributed by atoms with E-state index in [1.165, 1.54) is 5.56 Å². The number of nitrogens with one attached hydrogen (secondary N) is 1. The fraction of sp³-hybridized carbons (Fsp3) is 0.227. The summed E-state index contributed by atoms with van der Waals surface area (Å²) in [6.45, 7) is 4.69. The Balaban J connectivity index is 1.35. The maximum atomic E-state index is 12.5. The molecule has 1 aliphatic rings. The van der Waals surface area contributed by atoms with Crippen molar-refractivity contribution in [3.63, 3.8) is 0 Å². The molecule has 0 atom stereocenters. The van der Waals surface area contributed by atoms with Crippen molar-refractivity contribution in [1.82, 2.24) is 15.1 Å². The van der Waals surface area contributed by atoms with Crippen LogP contribution in [0.5, 0.6) is 0 Å². The highest BCUT2D eigenvalue weighted by Gasteiger charge is 2.22. The van der Waals surface area contributed by atoms with E-state index in [2.05, 4.69) is 51.6 Å². The van der Waals surface area contributed by atoms with E-state index in [0.29, 0.717) is 36.9 Å². The molecule has 7 heteroatoms. The first-order valence-electron chi connectivity index (χ1n) is 9.56. The van der Waals surface area contributed by atoms with Gasteiger partial charge in [0.05, 0.1) is 16.4 Å². The number of carbonyl (C=O) groups is 1. The molecule has 1 saturated heterocycles. The van der Waals surface area contributed by atoms with Gasteiger partial charge in [-0.2, -0.15) is 0 Å². The number of amides is 2. The number of nitrogens with zero attached hydrogens (tertiary/aromatic N) is 4. The minimum Gasteiger partial charge on any atom is -0.352 e. The number of para-hydroxylation sites is 1. The summed E-state index contributed by atoms with van der Waals surface area (Å²) in [5.74, 6) is 0.826. The van der Waals surface area contributed by atoms with Crippen LogP contribution in [0.1, 0.15) is 5.56 Å². The van der Waals surface area contributed by atoms with Crippen molar-refractivity contribution in [3.8, 4) is 11.3 Å². The topological polar surface area (TPSA) is 61.4 Å².